The molecule has 1 atom stereocenters. The standard InChI is InChI=1S/C12H17BrN2OS/c1-14-6-9-3-2-4-15(7-9)12(16)10-5-11(13)17-8-10/h5,8-9,14H,2-4,6-7H2,1H3. The number of amides is 1. The van der Waals surface area contributed by atoms with Crippen LogP contribution < -0.4 is 5.32 Å². The van der Waals surface area contributed by atoms with Gasteiger partial charge in [-0.1, -0.05) is 0 Å². The Labute approximate surface area is 114 Å². The summed E-state index contributed by atoms with van der Waals surface area (Å²) in [6, 6.07) is 1.91. The van der Waals surface area contributed by atoms with Crippen molar-refractivity contribution in [3.63, 3.8) is 0 Å². The molecule has 1 saturated heterocycles. The van der Waals surface area contributed by atoms with Gasteiger partial charge in [0.2, 0.25) is 0 Å². The number of carbonyl (C=O) groups is 1. The summed E-state index contributed by atoms with van der Waals surface area (Å²) in [6.45, 7) is 2.77. The largest absolute Gasteiger partial charge is 0.338 e. The number of likely N-dealkylation sites (tertiary alicyclic amines) is 1. The Kier molecular flexibility index (Phi) is 4.59. The number of nitrogens with one attached hydrogen (secondary N) is 1. The maximum atomic E-state index is 12.3. The Morgan fingerprint density at radius 3 is 3.18 bits per heavy atom. The normalized spacial score (nSPS) is 20.6. The Balaban J connectivity index is 1.99. The monoisotopic (exact) mass is 316 g/mol. The van der Waals surface area contributed by atoms with E-state index >= 15 is 0 Å². The van der Waals surface area contributed by atoms with Crippen molar-refractivity contribution in [3.8, 4) is 0 Å². The highest BCUT2D eigenvalue weighted by molar-refractivity contribution is 9.11. The molecule has 94 valence electrons. The lowest BCUT2D eigenvalue weighted by Crippen LogP contribution is -2.42. The summed E-state index contributed by atoms with van der Waals surface area (Å²) < 4.78 is 1.02. The first-order valence-electron chi connectivity index (χ1n) is 5.88. The quantitative estimate of drug-likeness (QED) is 0.929. The first-order valence-corrected chi connectivity index (χ1v) is 7.56. The summed E-state index contributed by atoms with van der Waals surface area (Å²) in [5, 5.41) is 5.12. The van der Waals surface area contributed by atoms with Crippen molar-refractivity contribution in [1.29, 1.82) is 0 Å². The van der Waals surface area contributed by atoms with Gasteiger partial charge in [0, 0.05) is 18.5 Å². The van der Waals surface area contributed by atoms with Crippen LogP contribution in [0, 0.1) is 5.92 Å². The molecule has 2 rings (SSSR count). The number of carbonyl (C=O) groups excluding carboxylic acids is 1. The molecule has 1 N–H and O–H groups in total. The van der Waals surface area contributed by atoms with Gasteiger partial charge >= 0.3 is 0 Å². The third-order valence-electron chi connectivity index (χ3n) is 3.11. The second-order valence-electron chi connectivity index (χ2n) is 4.46. The fraction of sp³-hybridized carbons (Fsp3) is 0.583. The summed E-state index contributed by atoms with van der Waals surface area (Å²) in [6.07, 6.45) is 2.33. The van der Waals surface area contributed by atoms with Crippen LogP contribution in [-0.4, -0.2) is 37.5 Å². The molecule has 1 aromatic rings. The second kappa shape index (κ2) is 5.98. The van der Waals surface area contributed by atoms with Crippen LogP contribution in [0.15, 0.2) is 15.2 Å². The zero-order valence-corrected chi connectivity index (χ0v) is 12.3. The van der Waals surface area contributed by atoms with Gasteiger partial charge in [-0.2, -0.15) is 0 Å². The molecule has 0 spiro atoms. The van der Waals surface area contributed by atoms with Gasteiger partial charge in [-0.25, -0.2) is 0 Å². The van der Waals surface area contributed by atoms with Crippen LogP contribution >= 0.6 is 27.3 Å². The van der Waals surface area contributed by atoms with E-state index in [9.17, 15) is 4.79 Å². The summed E-state index contributed by atoms with van der Waals surface area (Å²) in [4.78, 5) is 14.2. The minimum Gasteiger partial charge on any atom is -0.338 e. The van der Waals surface area contributed by atoms with Gasteiger partial charge in [0.05, 0.1) is 9.35 Å². The molecule has 0 aromatic carbocycles. The first kappa shape index (κ1) is 13.1. The minimum atomic E-state index is 0.174. The smallest absolute Gasteiger partial charge is 0.254 e. The van der Waals surface area contributed by atoms with Crippen LogP contribution in [0.1, 0.15) is 23.2 Å². The minimum absolute atomic E-state index is 0.174. The molecular formula is C12H17BrN2OS. The molecule has 1 amide bonds. The average molecular weight is 317 g/mol. The SMILES string of the molecule is CNCC1CCCN(C(=O)c2csc(Br)c2)C1. The predicted molar refractivity (Wildman–Crippen MR) is 74.6 cm³/mol. The van der Waals surface area contributed by atoms with Crippen LogP contribution in [0.4, 0.5) is 0 Å². The highest BCUT2D eigenvalue weighted by Gasteiger charge is 2.24. The number of hydrogen-bond donors (Lipinski definition) is 1. The lowest BCUT2D eigenvalue weighted by atomic mass is 9.97. The lowest BCUT2D eigenvalue weighted by Gasteiger charge is -2.32. The van der Waals surface area contributed by atoms with Gasteiger partial charge in [0.25, 0.3) is 5.91 Å². The van der Waals surface area contributed by atoms with Crippen molar-refractivity contribution >= 4 is 33.2 Å². The third kappa shape index (κ3) is 3.30. The van der Waals surface area contributed by atoms with E-state index < -0.39 is 0 Å². The van der Waals surface area contributed by atoms with E-state index in [1.165, 1.54) is 6.42 Å². The number of hydrogen-bond acceptors (Lipinski definition) is 3. The van der Waals surface area contributed by atoms with E-state index in [-0.39, 0.29) is 5.91 Å². The fourth-order valence-electron chi connectivity index (χ4n) is 2.31. The summed E-state index contributed by atoms with van der Waals surface area (Å²) in [5.41, 5.74) is 0.812. The Morgan fingerprint density at radius 1 is 1.71 bits per heavy atom. The number of piperidine rings is 1. The second-order valence-corrected chi connectivity index (χ2v) is 6.75. The van der Waals surface area contributed by atoms with Gasteiger partial charge < -0.3 is 10.2 Å². The molecule has 0 radical (unpaired) electrons. The summed E-state index contributed by atoms with van der Waals surface area (Å²) >= 11 is 4.96. The van der Waals surface area contributed by atoms with E-state index in [1.54, 1.807) is 11.3 Å². The summed E-state index contributed by atoms with van der Waals surface area (Å²) in [5.74, 6) is 0.771. The van der Waals surface area contributed by atoms with Gasteiger partial charge in [-0.3, -0.25) is 4.79 Å². The fourth-order valence-corrected chi connectivity index (χ4v) is 3.44. The van der Waals surface area contributed by atoms with E-state index in [0.29, 0.717) is 5.92 Å². The molecule has 0 bridgehead atoms. The van der Waals surface area contributed by atoms with Crippen molar-refractivity contribution in [2.75, 3.05) is 26.7 Å². The van der Waals surface area contributed by atoms with Crippen LogP contribution in [-0.2, 0) is 0 Å². The topological polar surface area (TPSA) is 32.3 Å². The molecule has 1 aromatic heterocycles. The van der Waals surface area contributed by atoms with Gasteiger partial charge in [-0.05, 0) is 54.3 Å². The van der Waals surface area contributed by atoms with E-state index in [2.05, 4.69) is 21.2 Å². The molecular weight excluding hydrogens is 300 g/mol. The van der Waals surface area contributed by atoms with Crippen LogP contribution in [0.5, 0.6) is 0 Å². The van der Waals surface area contributed by atoms with Crippen molar-refractivity contribution in [2.24, 2.45) is 5.92 Å². The molecule has 1 aliphatic heterocycles. The molecule has 3 nitrogen and oxygen atoms in total. The molecule has 0 saturated carbocycles. The zero-order valence-electron chi connectivity index (χ0n) is 9.91. The van der Waals surface area contributed by atoms with E-state index in [1.807, 2.05) is 23.4 Å². The Hall–Kier alpha value is -0.390. The molecule has 5 heteroatoms. The van der Waals surface area contributed by atoms with Gasteiger partial charge in [-0.15, -0.1) is 11.3 Å². The highest BCUT2D eigenvalue weighted by Crippen LogP contribution is 2.24. The maximum Gasteiger partial charge on any atom is 0.254 e. The number of halogens is 1. The van der Waals surface area contributed by atoms with Crippen molar-refractivity contribution in [2.45, 2.75) is 12.8 Å². The highest BCUT2D eigenvalue weighted by atomic mass is 79.9. The molecule has 1 fully saturated rings. The number of thiophene rings is 1. The van der Waals surface area contributed by atoms with Crippen molar-refractivity contribution < 1.29 is 4.79 Å². The first-order chi connectivity index (χ1) is 8.20. The van der Waals surface area contributed by atoms with E-state index in [0.717, 1.165) is 35.4 Å². The Morgan fingerprint density at radius 2 is 2.53 bits per heavy atom. The molecule has 0 aliphatic carbocycles. The average Bonchev–Trinajstić information content (AvgIpc) is 2.76. The predicted octanol–water partition coefficient (Wildman–Crippen LogP) is 2.58. The summed E-state index contributed by atoms with van der Waals surface area (Å²) in [7, 11) is 1.97. The van der Waals surface area contributed by atoms with E-state index in [4.69, 9.17) is 0 Å². The van der Waals surface area contributed by atoms with Crippen LogP contribution in [0.3, 0.4) is 0 Å². The zero-order chi connectivity index (χ0) is 12.3. The van der Waals surface area contributed by atoms with Crippen LogP contribution in [0.2, 0.25) is 0 Å². The number of rotatable bonds is 3. The van der Waals surface area contributed by atoms with Gasteiger partial charge in [0.15, 0.2) is 0 Å². The molecule has 17 heavy (non-hydrogen) atoms. The number of nitrogens with zero attached hydrogens (tertiary/aromatic N) is 1. The van der Waals surface area contributed by atoms with Crippen LogP contribution in [0.25, 0.3) is 0 Å². The molecule has 2 heterocycles. The lowest BCUT2D eigenvalue weighted by molar-refractivity contribution is 0.0675. The van der Waals surface area contributed by atoms with Gasteiger partial charge in [0.1, 0.15) is 0 Å². The Bertz CT molecular complexity index is 392. The van der Waals surface area contributed by atoms with Crippen molar-refractivity contribution in [3.05, 3.63) is 20.8 Å². The molecule has 1 unspecified atom stereocenters. The third-order valence-corrected chi connectivity index (χ3v) is 4.62. The van der Waals surface area contributed by atoms with Crippen molar-refractivity contribution in [1.82, 2.24) is 10.2 Å². The maximum absolute atomic E-state index is 12.3. The molecule has 1 aliphatic rings.